The number of halogens is 3. The Balaban J connectivity index is 1.81. The Bertz CT molecular complexity index is 481. The highest BCUT2D eigenvalue weighted by atomic mass is 79.9. The van der Waals surface area contributed by atoms with Crippen LogP contribution in [0.25, 0.3) is 0 Å². The number of ether oxygens (including phenoxy) is 1. The Morgan fingerprint density at radius 1 is 1.21 bits per heavy atom. The number of hydrogen-bond donors (Lipinski definition) is 0. The highest BCUT2D eigenvalue weighted by molar-refractivity contribution is 9.09. The summed E-state index contributed by atoms with van der Waals surface area (Å²) in [7, 11) is 0. The van der Waals surface area contributed by atoms with E-state index in [4.69, 9.17) is 27.9 Å². The molecule has 1 aromatic rings. The summed E-state index contributed by atoms with van der Waals surface area (Å²) in [6.07, 6.45) is 4.08. The van der Waals surface area contributed by atoms with Crippen LogP contribution in [0.3, 0.4) is 0 Å². The van der Waals surface area contributed by atoms with Gasteiger partial charge in [-0.25, -0.2) is 0 Å². The molecule has 2 aliphatic carbocycles. The van der Waals surface area contributed by atoms with Crippen LogP contribution in [0.4, 0.5) is 0 Å². The SMILES string of the molecule is CCOc1cc(Cl)c(C(Br)C2CC3CC3C2)cc1Cl. The van der Waals surface area contributed by atoms with Gasteiger partial charge >= 0.3 is 0 Å². The zero-order chi connectivity index (χ0) is 13.6. The maximum absolute atomic E-state index is 6.39. The fourth-order valence-electron chi connectivity index (χ4n) is 3.28. The van der Waals surface area contributed by atoms with Gasteiger partial charge in [-0.1, -0.05) is 39.1 Å². The van der Waals surface area contributed by atoms with Crippen LogP contribution in [0.15, 0.2) is 12.1 Å². The minimum atomic E-state index is 0.306. The summed E-state index contributed by atoms with van der Waals surface area (Å²) in [6.45, 7) is 2.54. The molecule has 4 heteroatoms. The van der Waals surface area contributed by atoms with E-state index in [0.717, 1.165) is 22.4 Å². The molecule has 0 radical (unpaired) electrons. The Morgan fingerprint density at radius 2 is 1.89 bits per heavy atom. The van der Waals surface area contributed by atoms with Gasteiger partial charge in [0.15, 0.2) is 0 Å². The van der Waals surface area contributed by atoms with E-state index < -0.39 is 0 Å². The first-order valence-electron chi connectivity index (χ1n) is 6.86. The van der Waals surface area contributed by atoms with Crippen LogP contribution < -0.4 is 4.74 Å². The van der Waals surface area contributed by atoms with E-state index in [-0.39, 0.29) is 0 Å². The molecule has 2 saturated carbocycles. The quantitative estimate of drug-likeness (QED) is 0.607. The van der Waals surface area contributed by atoms with Crippen molar-refractivity contribution >= 4 is 39.1 Å². The van der Waals surface area contributed by atoms with Crippen molar-refractivity contribution < 1.29 is 4.74 Å². The normalized spacial score (nSPS) is 30.0. The fourth-order valence-corrected chi connectivity index (χ4v) is 4.72. The van der Waals surface area contributed by atoms with Crippen molar-refractivity contribution in [1.29, 1.82) is 0 Å². The van der Waals surface area contributed by atoms with Crippen LogP contribution in [0.5, 0.6) is 5.75 Å². The second-order valence-corrected chi connectivity index (χ2v) is 7.43. The van der Waals surface area contributed by atoms with E-state index in [1.54, 1.807) is 0 Å². The fraction of sp³-hybridized carbons (Fsp3) is 0.600. The van der Waals surface area contributed by atoms with E-state index in [9.17, 15) is 0 Å². The van der Waals surface area contributed by atoms with Crippen molar-refractivity contribution in [3.8, 4) is 5.75 Å². The lowest BCUT2D eigenvalue weighted by Crippen LogP contribution is -2.06. The van der Waals surface area contributed by atoms with E-state index in [2.05, 4.69) is 15.9 Å². The zero-order valence-corrected chi connectivity index (χ0v) is 13.9. The molecule has 0 heterocycles. The highest BCUT2D eigenvalue weighted by Crippen LogP contribution is 2.59. The third kappa shape index (κ3) is 2.77. The van der Waals surface area contributed by atoms with Crippen LogP contribution in [-0.4, -0.2) is 6.61 Å². The molecule has 3 unspecified atom stereocenters. The lowest BCUT2D eigenvalue weighted by Gasteiger charge is -2.21. The highest BCUT2D eigenvalue weighted by Gasteiger charge is 2.47. The summed E-state index contributed by atoms with van der Waals surface area (Å²) in [4.78, 5) is 0.306. The zero-order valence-electron chi connectivity index (χ0n) is 10.8. The number of benzene rings is 1. The van der Waals surface area contributed by atoms with Crippen molar-refractivity contribution in [2.24, 2.45) is 17.8 Å². The van der Waals surface area contributed by atoms with Gasteiger partial charge in [-0.15, -0.1) is 0 Å². The molecule has 2 fully saturated rings. The third-order valence-corrected chi connectivity index (χ3v) is 6.21. The number of alkyl halides is 1. The van der Waals surface area contributed by atoms with Crippen molar-refractivity contribution in [2.75, 3.05) is 6.61 Å². The first kappa shape index (κ1) is 14.0. The second kappa shape index (κ2) is 5.46. The van der Waals surface area contributed by atoms with Crippen LogP contribution in [0, 0.1) is 17.8 Å². The summed E-state index contributed by atoms with van der Waals surface area (Å²) in [5.74, 6) is 3.31. The predicted octanol–water partition coefficient (Wildman–Crippen LogP) is 5.87. The van der Waals surface area contributed by atoms with Gasteiger partial charge in [0.25, 0.3) is 0 Å². The molecule has 3 atom stereocenters. The Morgan fingerprint density at radius 3 is 2.53 bits per heavy atom. The molecule has 1 aromatic carbocycles. The van der Waals surface area contributed by atoms with Crippen LogP contribution in [0.2, 0.25) is 10.0 Å². The van der Waals surface area contributed by atoms with E-state index in [0.29, 0.717) is 28.1 Å². The van der Waals surface area contributed by atoms with Gasteiger partial charge in [0.1, 0.15) is 5.75 Å². The first-order chi connectivity index (χ1) is 9.10. The molecule has 19 heavy (non-hydrogen) atoms. The van der Waals surface area contributed by atoms with Crippen LogP contribution >= 0.6 is 39.1 Å². The molecular weight excluding hydrogens is 347 g/mol. The smallest absolute Gasteiger partial charge is 0.139 e. The monoisotopic (exact) mass is 362 g/mol. The van der Waals surface area contributed by atoms with E-state index >= 15 is 0 Å². The number of fused-ring (bicyclic) bond motifs is 1. The molecular formula is C15H17BrCl2O. The molecule has 0 aromatic heterocycles. The van der Waals surface area contributed by atoms with Crippen LogP contribution in [-0.2, 0) is 0 Å². The number of hydrogen-bond acceptors (Lipinski definition) is 1. The summed E-state index contributed by atoms with van der Waals surface area (Å²) >= 11 is 16.5. The molecule has 1 nitrogen and oxygen atoms in total. The Labute approximate surface area is 132 Å². The largest absolute Gasteiger partial charge is 0.492 e. The minimum Gasteiger partial charge on any atom is -0.492 e. The Kier molecular flexibility index (Phi) is 4.03. The van der Waals surface area contributed by atoms with E-state index in [1.165, 1.54) is 19.3 Å². The van der Waals surface area contributed by atoms with Gasteiger partial charge in [-0.3, -0.25) is 0 Å². The van der Waals surface area contributed by atoms with Crippen molar-refractivity contribution in [3.63, 3.8) is 0 Å². The molecule has 0 saturated heterocycles. The van der Waals surface area contributed by atoms with Crippen molar-refractivity contribution in [2.45, 2.75) is 31.0 Å². The topological polar surface area (TPSA) is 9.23 Å². The van der Waals surface area contributed by atoms with Gasteiger partial charge in [-0.2, -0.15) is 0 Å². The summed E-state index contributed by atoms with van der Waals surface area (Å²) in [6, 6.07) is 3.80. The van der Waals surface area contributed by atoms with Crippen molar-refractivity contribution in [1.82, 2.24) is 0 Å². The maximum Gasteiger partial charge on any atom is 0.139 e. The average molecular weight is 364 g/mol. The number of rotatable bonds is 4. The van der Waals surface area contributed by atoms with E-state index in [1.807, 2.05) is 19.1 Å². The predicted molar refractivity (Wildman–Crippen MR) is 83.6 cm³/mol. The molecule has 0 amide bonds. The lowest BCUT2D eigenvalue weighted by atomic mass is 9.94. The first-order valence-corrected chi connectivity index (χ1v) is 8.53. The van der Waals surface area contributed by atoms with Crippen molar-refractivity contribution in [3.05, 3.63) is 27.7 Å². The molecule has 3 rings (SSSR count). The maximum atomic E-state index is 6.39. The molecule has 0 N–H and O–H groups in total. The molecule has 0 spiro atoms. The standard InChI is InChI=1S/C15H17BrCl2O/c1-2-19-14-7-12(17)11(6-13(14)18)15(16)10-4-8-3-9(8)5-10/h6-10,15H,2-5H2,1H3. The summed E-state index contributed by atoms with van der Waals surface area (Å²) in [5.41, 5.74) is 1.10. The molecule has 0 bridgehead atoms. The van der Waals surface area contributed by atoms with Gasteiger partial charge in [0, 0.05) is 15.9 Å². The third-order valence-electron chi connectivity index (χ3n) is 4.34. The van der Waals surface area contributed by atoms with Gasteiger partial charge < -0.3 is 4.74 Å². The second-order valence-electron chi connectivity index (χ2n) is 5.63. The van der Waals surface area contributed by atoms with Gasteiger partial charge in [0.05, 0.1) is 11.6 Å². The van der Waals surface area contributed by atoms with Crippen LogP contribution in [0.1, 0.15) is 36.6 Å². The molecule has 0 aliphatic heterocycles. The Hall–Kier alpha value is 0.0800. The molecule has 104 valence electrons. The summed E-state index contributed by atoms with van der Waals surface area (Å²) in [5, 5.41) is 1.39. The van der Waals surface area contributed by atoms with Gasteiger partial charge in [0.2, 0.25) is 0 Å². The average Bonchev–Trinajstić information content (AvgIpc) is 3.00. The minimum absolute atomic E-state index is 0.306. The summed E-state index contributed by atoms with van der Waals surface area (Å²) < 4.78 is 5.47. The molecule has 2 aliphatic rings. The van der Waals surface area contributed by atoms with Gasteiger partial charge in [-0.05, 0) is 55.6 Å². The lowest BCUT2D eigenvalue weighted by molar-refractivity contribution is 0.340.